The smallest absolute Gasteiger partial charge is 0.414 e. The van der Waals surface area contributed by atoms with Crippen LogP contribution in [-0.4, -0.2) is 77.3 Å². The van der Waals surface area contributed by atoms with Crippen molar-refractivity contribution >= 4 is 33.6 Å². The van der Waals surface area contributed by atoms with E-state index in [-0.39, 0.29) is 10.6 Å². The molecule has 0 unspecified atom stereocenters. The lowest BCUT2D eigenvalue weighted by Crippen LogP contribution is -2.45. The van der Waals surface area contributed by atoms with Crippen LogP contribution in [0, 0.1) is 10.1 Å². The van der Waals surface area contributed by atoms with Crippen LogP contribution in [0.15, 0.2) is 40.9 Å². The summed E-state index contributed by atoms with van der Waals surface area (Å²) in [4.78, 5) is 34.0. The molecule has 1 saturated heterocycles. The monoisotopic (exact) mass is 539 g/mol. The van der Waals surface area contributed by atoms with Gasteiger partial charge in [0.05, 0.1) is 25.2 Å². The van der Waals surface area contributed by atoms with E-state index in [1.165, 1.54) is 25.8 Å². The molecular weight excluding hydrogens is 514 g/mol. The average molecular weight is 540 g/mol. The second-order valence-corrected chi connectivity index (χ2v) is 8.20. The van der Waals surface area contributed by atoms with Crippen LogP contribution in [0.3, 0.4) is 0 Å². The van der Waals surface area contributed by atoms with Gasteiger partial charge in [-0.15, -0.1) is 0 Å². The van der Waals surface area contributed by atoms with Gasteiger partial charge in [0.1, 0.15) is 0 Å². The van der Waals surface area contributed by atoms with E-state index >= 15 is 0 Å². The van der Waals surface area contributed by atoms with Crippen LogP contribution in [0.5, 0.6) is 11.5 Å². The summed E-state index contributed by atoms with van der Waals surface area (Å²) in [5, 5.41) is 26.3. The zero-order valence-electron chi connectivity index (χ0n) is 18.8. The molecule has 34 heavy (non-hydrogen) atoms. The van der Waals surface area contributed by atoms with Crippen LogP contribution in [-0.2, 0) is 22.7 Å². The molecule has 1 fully saturated rings. The number of aliphatic carboxylic acids is 2. The Morgan fingerprint density at radius 3 is 1.85 bits per heavy atom. The summed E-state index contributed by atoms with van der Waals surface area (Å²) in [6.45, 7) is 4.96. The first-order valence-electron chi connectivity index (χ1n) is 10.2. The van der Waals surface area contributed by atoms with Crippen LogP contribution < -0.4 is 9.47 Å². The Kier molecular flexibility index (Phi) is 10.2. The summed E-state index contributed by atoms with van der Waals surface area (Å²) in [7, 11) is 3.01. The van der Waals surface area contributed by atoms with Crippen LogP contribution in [0.2, 0.25) is 0 Å². The molecule has 12 heteroatoms. The predicted octanol–water partition coefficient (Wildman–Crippen LogP) is 2.85. The fourth-order valence-electron chi connectivity index (χ4n) is 3.42. The number of carboxylic acid groups (broad SMARTS) is 2. The Balaban J connectivity index is 0.000000604. The molecule has 2 aromatic rings. The van der Waals surface area contributed by atoms with Crippen molar-refractivity contribution in [2.45, 2.75) is 13.1 Å². The highest BCUT2D eigenvalue weighted by atomic mass is 79.9. The van der Waals surface area contributed by atoms with E-state index in [0.717, 1.165) is 37.2 Å². The molecule has 0 aliphatic carbocycles. The Hall–Kier alpha value is -3.22. The van der Waals surface area contributed by atoms with Gasteiger partial charge in [-0.3, -0.25) is 19.9 Å². The van der Waals surface area contributed by atoms with Crippen molar-refractivity contribution < 1.29 is 34.2 Å². The highest BCUT2D eigenvalue weighted by Gasteiger charge is 2.24. The number of nitrogens with zero attached hydrogens (tertiary/aromatic N) is 3. The third-order valence-electron chi connectivity index (χ3n) is 5.18. The first-order chi connectivity index (χ1) is 16.2. The summed E-state index contributed by atoms with van der Waals surface area (Å²) in [5.41, 5.74) is 1.97. The van der Waals surface area contributed by atoms with E-state index in [9.17, 15) is 10.1 Å². The van der Waals surface area contributed by atoms with Crippen LogP contribution >= 0.6 is 15.9 Å². The van der Waals surface area contributed by atoms with Gasteiger partial charge in [0.25, 0.3) is 5.69 Å². The summed E-state index contributed by atoms with van der Waals surface area (Å²) in [6.07, 6.45) is 0. The number of carboxylic acids is 2. The third-order valence-corrected chi connectivity index (χ3v) is 5.95. The normalized spacial score (nSPS) is 14.0. The fraction of sp³-hybridized carbons (Fsp3) is 0.364. The number of piperazine rings is 1. The molecule has 0 atom stereocenters. The van der Waals surface area contributed by atoms with Gasteiger partial charge >= 0.3 is 11.9 Å². The zero-order chi connectivity index (χ0) is 25.3. The van der Waals surface area contributed by atoms with E-state index in [1.807, 2.05) is 12.1 Å². The van der Waals surface area contributed by atoms with Gasteiger partial charge in [-0.2, -0.15) is 0 Å². The van der Waals surface area contributed by atoms with E-state index in [2.05, 4.69) is 37.9 Å². The first-order valence-corrected chi connectivity index (χ1v) is 11.0. The van der Waals surface area contributed by atoms with Crippen molar-refractivity contribution in [2.24, 2.45) is 0 Å². The largest absolute Gasteiger partial charge is 0.493 e. The minimum atomic E-state index is -1.82. The fourth-order valence-corrected chi connectivity index (χ4v) is 3.83. The molecule has 2 aromatic carbocycles. The standard InChI is InChI=1S/C20H24BrN3O4.C2H2O4/c1-27-19-11-16(18(24(25)26)12-20(19)28-2)14-23-9-7-22(8-10-23)13-15-5-3-4-6-17(15)21;3-1(4)2(5)6/h3-6,11-12H,7-10,13-14H2,1-2H3;(H,3,4)(H,5,6). The molecule has 0 spiro atoms. The summed E-state index contributed by atoms with van der Waals surface area (Å²) in [6, 6.07) is 11.4. The number of halogens is 1. The van der Waals surface area contributed by atoms with Crippen molar-refractivity contribution in [1.82, 2.24) is 9.80 Å². The summed E-state index contributed by atoms with van der Waals surface area (Å²) >= 11 is 3.60. The van der Waals surface area contributed by atoms with Crippen molar-refractivity contribution in [3.05, 3.63) is 62.1 Å². The Labute approximate surface area is 204 Å². The molecule has 2 N–H and O–H groups in total. The second-order valence-electron chi connectivity index (χ2n) is 7.35. The molecule has 0 bridgehead atoms. The van der Waals surface area contributed by atoms with Crippen molar-refractivity contribution in [1.29, 1.82) is 0 Å². The van der Waals surface area contributed by atoms with Gasteiger partial charge in [0.15, 0.2) is 11.5 Å². The first kappa shape index (κ1) is 27.0. The molecule has 1 aliphatic heterocycles. The molecule has 11 nitrogen and oxygen atoms in total. The Bertz CT molecular complexity index is 1010. The maximum absolute atomic E-state index is 11.5. The number of methoxy groups -OCH3 is 2. The molecular formula is C22H26BrN3O8. The molecule has 0 radical (unpaired) electrons. The Morgan fingerprint density at radius 1 is 0.941 bits per heavy atom. The lowest BCUT2D eigenvalue weighted by molar-refractivity contribution is -0.385. The highest BCUT2D eigenvalue weighted by molar-refractivity contribution is 9.10. The van der Waals surface area contributed by atoms with Crippen molar-refractivity contribution in [2.75, 3.05) is 40.4 Å². The predicted molar refractivity (Wildman–Crippen MR) is 126 cm³/mol. The summed E-state index contributed by atoms with van der Waals surface area (Å²) in [5.74, 6) is -2.77. The van der Waals surface area contributed by atoms with E-state index < -0.39 is 11.9 Å². The van der Waals surface area contributed by atoms with E-state index in [0.29, 0.717) is 23.6 Å². The lowest BCUT2D eigenvalue weighted by Gasteiger charge is -2.34. The third kappa shape index (κ3) is 7.68. The number of hydrogen-bond acceptors (Lipinski definition) is 8. The number of nitro benzene ring substituents is 1. The number of nitro groups is 1. The van der Waals surface area contributed by atoms with Crippen LogP contribution in [0.4, 0.5) is 5.69 Å². The molecule has 0 saturated carbocycles. The maximum Gasteiger partial charge on any atom is 0.414 e. The number of benzene rings is 2. The van der Waals surface area contributed by atoms with Crippen LogP contribution in [0.25, 0.3) is 0 Å². The van der Waals surface area contributed by atoms with Gasteiger partial charge in [0.2, 0.25) is 0 Å². The number of carbonyl (C=O) groups is 2. The minimum Gasteiger partial charge on any atom is -0.493 e. The van der Waals surface area contributed by atoms with E-state index in [4.69, 9.17) is 29.3 Å². The van der Waals surface area contributed by atoms with Crippen molar-refractivity contribution in [3.8, 4) is 11.5 Å². The van der Waals surface area contributed by atoms with Crippen LogP contribution in [0.1, 0.15) is 11.1 Å². The topological polar surface area (TPSA) is 143 Å². The maximum atomic E-state index is 11.5. The molecule has 184 valence electrons. The molecule has 1 heterocycles. The van der Waals surface area contributed by atoms with E-state index in [1.54, 1.807) is 6.07 Å². The molecule has 0 aromatic heterocycles. The zero-order valence-corrected chi connectivity index (χ0v) is 20.4. The van der Waals surface area contributed by atoms with Gasteiger partial charge < -0.3 is 19.7 Å². The minimum absolute atomic E-state index is 0.0632. The van der Waals surface area contributed by atoms with Gasteiger partial charge in [-0.1, -0.05) is 34.1 Å². The van der Waals surface area contributed by atoms with Gasteiger partial charge in [-0.25, -0.2) is 9.59 Å². The average Bonchev–Trinajstić information content (AvgIpc) is 2.81. The number of rotatable bonds is 7. The summed E-state index contributed by atoms with van der Waals surface area (Å²) < 4.78 is 11.6. The quantitative estimate of drug-likeness (QED) is 0.306. The SMILES string of the molecule is COc1cc(CN2CCN(Cc3ccccc3Br)CC2)c([N+](=O)[O-])cc1OC.O=C(O)C(=O)O. The second kappa shape index (κ2) is 12.9. The van der Waals surface area contributed by atoms with Crippen molar-refractivity contribution in [3.63, 3.8) is 0 Å². The van der Waals surface area contributed by atoms with Gasteiger partial charge in [0, 0.05) is 49.3 Å². The highest BCUT2D eigenvalue weighted by Crippen LogP contribution is 2.35. The Morgan fingerprint density at radius 2 is 1.41 bits per heavy atom. The molecule has 1 aliphatic rings. The van der Waals surface area contributed by atoms with Gasteiger partial charge in [-0.05, 0) is 17.7 Å². The number of ether oxygens (including phenoxy) is 2. The number of hydrogen-bond donors (Lipinski definition) is 2. The molecule has 0 amide bonds. The lowest BCUT2D eigenvalue weighted by atomic mass is 10.1. The molecule has 3 rings (SSSR count).